The first-order valence-corrected chi connectivity index (χ1v) is 9.63. The highest BCUT2D eigenvalue weighted by Crippen LogP contribution is 2.38. The Morgan fingerprint density at radius 1 is 1.26 bits per heavy atom. The summed E-state index contributed by atoms with van der Waals surface area (Å²) in [6, 6.07) is 5.15. The van der Waals surface area contributed by atoms with Gasteiger partial charge in [0.2, 0.25) is 0 Å². The summed E-state index contributed by atoms with van der Waals surface area (Å²) < 4.78 is 10.2. The van der Waals surface area contributed by atoms with Gasteiger partial charge in [-0.25, -0.2) is 0 Å². The van der Waals surface area contributed by atoms with Gasteiger partial charge in [0.1, 0.15) is 16.5 Å². The molecule has 0 aromatic carbocycles. The minimum absolute atomic E-state index is 0.195. The monoisotopic (exact) mass is 385 g/mol. The molecule has 8 heteroatoms. The van der Waals surface area contributed by atoms with Crippen molar-refractivity contribution in [1.82, 2.24) is 10.5 Å². The fraction of sp³-hybridized carbons (Fsp3) is 0.316. The van der Waals surface area contributed by atoms with Crippen molar-refractivity contribution in [3.63, 3.8) is 0 Å². The first kappa shape index (κ1) is 17.5. The molecule has 0 fully saturated rings. The summed E-state index contributed by atoms with van der Waals surface area (Å²) in [5, 5.41) is 10.0. The maximum Gasteiger partial charge on any atom is 0.278 e. The lowest BCUT2D eigenvalue weighted by molar-refractivity contribution is 0.0948. The summed E-state index contributed by atoms with van der Waals surface area (Å²) in [5.41, 5.74) is 1.78. The average Bonchev–Trinajstić information content (AvgIpc) is 3.39. The Balaban J connectivity index is 1.59. The molecule has 0 unspecified atom stereocenters. The highest BCUT2D eigenvalue weighted by molar-refractivity contribution is 7.17. The molecule has 140 valence electrons. The van der Waals surface area contributed by atoms with Gasteiger partial charge >= 0.3 is 0 Å². The van der Waals surface area contributed by atoms with Crippen molar-refractivity contribution in [1.29, 1.82) is 0 Å². The largest absolute Gasteiger partial charge is 0.467 e. The van der Waals surface area contributed by atoms with Crippen molar-refractivity contribution in [2.45, 2.75) is 39.2 Å². The van der Waals surface area contributed by atoms with Gasteiger partial charge in [-0.15, -0.1) is 11.3 Å². The zero-order valence-electron chi connectivity index (χ0n) is 14.8. The molecule has 7 nitrogen and oxygen atoms in total. The minimum Gasteiger partial charge on any atom is -0.467 e. The zero-order valence-corrected chi connectivity index (χ0v) is 15.6. The van der Waals surface area contributed by atoms with Gasteiger partial charge in [-0.2, -0.15) is 0 Å². The molecule has 1 aliphatic rings. The first-order chi connectivity index (χ1) is 13.1. The summed E-state index contributed by atoms with van der Waals surface area (Å²) in [6.45, 7) is 2.02. The second-order valence-corrected chi connectivity index (χ2v) is 7.56. The Hall–Kier alpha value is -2.87. The number of nitrogens with one attached hydrogen (secondary N) is 2. The normalized spacial score (nSPS) is 13.2. The van der Waals surface area contributed by atoms with E-state index in [1.807, 2.05) is 0 Å². The molecule has 0 bridgehead atoms. The topological polar surface area (TPSA) is 97.4 Å². The molecular formula is C19H19N3O4S. The number of furan rings is 1. The number of aromatic nitrogens is 1. The van der Waals surface area contributed by atoms with Crippen LogP contribution in [0.4, 0.5) is 5.00 Å². The number of carbonyl (C=O) groups excluding carboxylic acids is 2. The molecule has 3 aromatic heterocycles. The van der Waals surface area contributed by atoms with Crippen LogP contribution in [0.15, 0.2) is 33.4 Å². The molecule has 3 heterocycles. The van der Waals surface area contributed by atoms with Gasteiger partial charge in [0.15, 0.2) is 5.69 Å². The molecule has 3 aromatic rings. The number of hydrogen-bond donors (Lipinski definition) is 2. The lowest BCUT2D eigenvalue weighted by atomic mass is 9.95. The van der Waals surface area contributed by atoms with Crippen LogP contribution in [0, 0.1) is 6.92 Å². The van der Waals surface area contributed by atoms with E-state index in [0.717, 1.165) is 36.1 Å². The van der Waals surface area contributed by atoms with E-state index in [1.165, 1.54) is 11.3 Å². The number of amides is 2. The number of fused-ring (bicyclic) bond motifs is 1. The van der Waals surface area contributed by atoms with Crippen LogP contribution in [0.5, 0.6) is 0 Å². The smallest absolute Gasteiger partial charge is 0.278 e. The quantitative estimate of drug-likeness (QED) is 0.698. The summed E-state index contributed by atoms with van der Waals surface area (Å²) in [7, 11) is 0. The Labute approximate surface area is 159 Å². The van der Waals surface area contributed by atoms with E-state index in [9.17, 15) is 9.59 Å². The highest BCUT2D eigenvalue weighted by atomic mass is 32.1. The van der Waals surface area contributed by atoms with Crippen molar-refractivity contribution in [2.75, 3.05) is 5.32 Å². The highest BCUT2D eigenvalue weighted by Gasteiger charge is 2.27. The van der Waals surface area contributed by atoms with Crippen LogP contribution in [-0.4, -0.2) is 17.0 Å². The number of nitrogens with zero attached hydrogens (tertiary/aromatic N) is 1. The maximum absolute atomic E-state index is 12.9. The van der Waals surface area contributed by atoms with Gasteiger partial charge in [0.05, 0.1) is 18.4 Å². The molecule has 27 heavy (non-hydrogen) atoms. The lowest BCUT2D eigenvalue weighted by Crippen LogP contribution is -2.25. The summed E-state index contributed by atoms with van der Waals surface area (Å²) in [4.78, 5) is 26.5. The van der Waals surface area contributed by atoms with Crippen LogP contribution in [0.25, 0.3) is 0 Å². The number of thiophene rings is 1. The van der Waals surface area contributed by atoms with Crippen LogP contribution in [0.2, 0.25) is 0 Å². The minimum atomic E-state index is -0.384. The summed E-state index contributed by atoms with van der Waals surface area (Å²) in [6.07, 6.45) is 5.47. The SMILES string of the molecule is Cc1cc(C(=O)Nc2sc3c(c2C(=O)NCc2ccco2)CCCC3)no1. The molecule has 0 saturated heterocycles. The Morgan fingerprint density at radius 3 is 2.85 bits per heavy atom. The lowest BCUT2D eigenvalue weighted by Gasteiger charge is -2.13. The molecule has 2 amide bonds. The van der Waals surface area contributed by atoms with Crippen molar-refractivity contribution in [3.05, 3.63) is 57.7 Å². The molecule has 1 aliphatic carbocycles. The molecule has 4 rings (SSSR count). The van der Waals surface area contributed by atoms with Crippen molar-refractivity contribution in [2.24, 2.45) is 0 Å². The second-order valence-electron chi connectivity index (χ2n) is 6.45. The van der Waals surface area contributed by atoms with E-state index in [-0.39, 0.29) is 17.5 Å². The number of carbonyl (C=O) groups is 2. The van der Waals surface area contributed by atoms with E-state index in [0.29, 0.717) is 28.6 Å². The fourth-order valence-electron chi connectivity index (χ4n) is 3.20. The molecular weight excluding hydrogens is 366 g/mol. The van der Waals surface area contributed by atoms with Crippen LogP contribution in [-0.2, 0) is 19.4 Å². The Kier molecular flexibility index (Phi) is 4.81. The van der Waals surface area contributed by atoms with Crippen LogP contribution < -0.4 is 10.6 Å². The van der Waals surface area contributed by atoms with Crippen LogP contribution in [0.3, 0.4) is 0 Å². The van der Waals surface area contributed by atoms with E-state index in [1.54, 1.807) is 31.4 Å². The van der Waals surface area contributed by atoms with Gasteiger partial charge in [-0.1, -0.05) is 5.16 Å². The maximum atomic E-state index is 12.9. The third kappa shape index (κ3) is 3.66. The van der Waals surface area contributed by atoms with E-state index in [4.69, 9.17) is 8.94 Å². The summed E-state index contributed by atoms with van der Waals surface area (Å²) in [5.74, 6) is 0.640. The number of rotatable bonds is 5. The van der Waals surface area contributed by atoms with Gasteiger partial charge in [-0.05, 0) is 50.3 Å². The second kappa shape index (κ2) is 7.40. The van der Waals surface area contributed by atoms with Crippen molar-refractivity contribution >= 4 is 28.2 Å². The number of anilines is 1. The van der Waals surface area contributed by atoms with Crippen LogP contribution >= 0.6 is 11.3 Å². The molecule has 0 radical (unpaired) electrons. The fourth-order valence-corrected chi connectivity index (χ4v) is 4.49. The van der Waals surface area contributed by atoms with Crippen molar-refractivity contribution < 1.29 is 18.5 Å². The number of aryl methyl sites for hydroxylation is 2. The molecule has 0 saturated carbocycles. The number of hydrogen-bond acceptors (Lipinski definition) is 6. The standard InChI is InChI=1S/C19H19N3O4S/c1-11-9-14(22-26-11)17(23)21-19-16(13-6-2-3-7-15(13)27-19)18(24)20-10-12-5-4-8-25-12/h4-5,8-9H,2-3,6-7,10H2,1H3,(H,20,24)(H,21,23). The van der Waals surface area contributed by atoms with Gasteiger partial charge in [0, 0.05) is 10.9 Å². The Morgan fingerprint density at radius 2 is 2.11 bits per heavy atom. The molecule has 0 atom stereocenters. The predicted molar refractivity (Wildman–Crippen MR) is 100 cm³/mol. The predicted octanol–water partition coefficient (Wildman–Crippen LogP) is 3.70. The van der Waals surface area contributed by atoms with E-state index >= 15 is 0 Å². The van der Waals surface area contributed by atoms with Gasteiger partial charge in [-0.3, -0.25) is 9.59 Å². The molecule has 0 aliphatic heterocycles. The first-order valence-electron chi connectivity index (χ1n) is 8.81. The summed E-state index contributed by atoms with van der Waals surface area (Å²) >= 11 is 1.47. The van der Waals surface area contributed by atoms with Crippen molar-refractivity contribution in [3.8, 4) is 0 Å². The van der Waals surface area contributed by atoms with Crippen LogP contribution in [0.1, 0.15) is 55.6 Å². The molecule has 0 spiro atoms. The Bertz CT molecular complexity index is 971. The van der Waals surface area contributed by atoms with E-state index < -0.39 is 0 Å². The third-order valence-corrected chi connectivity index (χ3v) is 5.70. The van der Waals surface area contributed by atoms with Gasteiger partial charge < -0.3 is 19.6 Å². The van der Waals surface area contributed by atoms with Gasteiger partial charge in [0.25, 0.3) is 11.8 Å². The third-order valence-electron chi connectivity index (χ3n) is 4.49. The zero-order chi connectivity index (χ0) is 18.8. The average molecular weight is 385 g/mol. The molecule has 2 N–H and O–H groups in total. The van der Waals surface area contributed by atoms with E-state index in [2.05, 4.69) is 15.8 Å².